The number of rotatable bonds is 3. The van der Waals surface area contributed by atoms with Gasteiger partial charge in [0.1, 0.15) is 5.75 Å². The second kappa shape index (κ2) is 4.98. The van der Waals surface area contributed by atoms with Gasteiger partial charge in [-0.2, -0.15) is 0 Å². The van der Waals surface area contributed by atoms with Gasteiger partial charge >= 0.3 is 0 Å². The second-order valence-corrected chi connectivity index (χ2v) is 8.92. The molecule has 1 aliphatic heterocycles. The van der Waals surface area contributed by atoms with E-state index in [4.69, 9.17) is 0 Å². The molecule has 24 heavy (non-hydrogen) atoms. The molecule has 3 nitrogen and oxygen atoms in total. The summed E-state index contributed by atoms with van der Waals surface area (Å²) in [6.07, 6.45) is 9.55. The van der Waals surface area contributed by atoms with E-state index in [1.54, 1.807) is 6.07 Å². The van der Waals surface area contributed by atoms with Gasteiger partial charge in [0, 0.05) is 18.0 Å². The van der Waals surface area contributed by atoms with Crippen LogP contribution in [-0.4, -0.2) is 39.3 Å². The molecule has 1 saturated heterocycles. The topological polar surface area (TPSA) is 43.5 Å². The molecule has 1 heterocycles. The Hall–Kier alpha value is -1.06. The summed E-state index contributed by atoms with van der Waals surface area (Å²) in [4.78, 5) is 2.60. The highest BCUT2D eigenvalue weighted by molar-refractivity contribution is 5.47. The number of phenols is 1. The van der Waals surface area contributed by atoms with Gasteiger partial charge in [0.15, 0.2) is 0 Å². The lowest BCUT2D eigenvalue weighted by Gasteiger charge is -2.50. The molecule has 1 aromatic carbocycles. The Balaban J connectivity index is 1.50. The number of nitrogens with zero attached hydrogens (tertiary/aromatic N) is 1. The highest BCUT2D eigenvalue weighted by Gasteiger charge is 2.74. The van der Waals surface area contributed by atoms with Crippen LogP contribution in [0, 0.1) is 12.8 Å². The lowest BCUT2D eigenvalue weighted by Crippen LogP contribution is -2.56. The number of benzene rings is 1. The van der Waals surface area contributed by atoms with Gasteiger partial charge in [-0.3, -0.25) is 4.90 Å². The molecule has 130 valence electrons. The number of piperidine rings is 1. The van der Waals surface area contributed by atoms with Crippen LogP contribution in [0.3, 0.4) is 0 Å². The number of phenolic OH excluding ortho intramolecular Hbond substituents is 1. The van der Waals surface area contributed by atoms with Gasteiger partial charge in [-0.05, 0) is 68.2 Å². The highest BCUT2D eigenvalue weighted by Crippen LogP contribution is 2.65. The molecule has 5 atom stereocenters. The fourth-order valence-electron chi connectivity index (χ4n) is 6.32. The molecule has 2 N–H and O–H groups in total. The molecule has 5 rings (SSSR count). The second-order valence-electron chi connectivity index (χ2n) is 8.92. The SMILES string of the molecule is Cc1ccc(O)cc1[C@@]12CCCC[C@@]1(O)[C@H]1C(C2)N1CC1CCC1. The maximum absolute atomic E-state index is 11.9. The number of aliphatic hydroxyl groups is 1. The third-order valence-electron chi connectivity index (χ3n) is 7.78. The molecule has 0 radical (unpaired) electrons. The van der Waals surface area contributed by atoms with Gasteiger partial charge in [0.25, 0.3) is 0 Å². The third kappa shape index (κ3) is 1.86. The minimum Gasteiger partial charge on any atom is -0.508 e. The van der Waals surface area contributed by atoms with E-state index in [0.29, 0.717) is 17.8 Å². The lowest BCUT2D eigenvalue weighted by molar-refractivity contribution is -0.0738. The molecule has 0 bridgehead atoms. The summed E-state index contributed by atoms with van der Waals surface area (Å²) in [6, 6.07) is 6.66. The average molecular weight is 327 g/mol. The first-order valence-corrected chi connectivity index (χ1v) is 9.83. The Labute approximate surface area is 144 Å². The van der Waals surface area contributed by atoms with Crippen molar-refractivity contribution in [1.29, 1.82) is 0 Å². The molecule has 3 saturated carbocycles. The largest absolute Gasteiger partial charge is 0.508 e. The Morgan fingerprint density at radius 3 is 2.71 bits per heavy atom. The molecule has 4 aliphatic rings. The first kappa shape index (κ1) is 15.2. The van der Waals surface area contributed by atoms with Crippen molar-refractivity contribution in [3.8, 4) is 5.75 Å². The number of likely N-dealkylation sites (tertiary alicyclic amines) is 1. The summed E-state index contributed by atoms with van der Waals surface area (Å²) in [5, 5.41) is 22.0. The Kier molecular flexibility index (Phi) is 3.16. The first-order chi connectivity index (χ1) is 11.6. The average Bonchev–Trinajstić information content (AvgIpc) is 3.12. The number of fused-ring (bicyclic) bond motifs is 3. The predicted octanol–water partition coefficient (Wildman–Crippen LogP) is 3.50. The van der Waals surface area contributed by atoms with Crippen molar-refractivity contribution < 1.29 is 10.2 Å². The smallest absolute Gasteiger partial charge is 0.115 e. The van der Waals surface area contributed by atoms with E-state index in [1.807, 2.05) is 12.1 Å². The van der Waals surface area contributed by atoms with E-state index in [-0.39, 0.29) is 5.41 Å². The number of aromatic hydroxyl groups is 1. The van der Waals surface area contributed by atoms with Crippen LogP contribution in [0.25, 0.3) is 0 Å². The summed E-state index contributed by atoms with van der Waals surface area (Å²) >= 11 is 0. The van der Waals surface area contributed by atoms with E-state index in [9.17, 15) is 10.2 Å². The molecule has 2 unspecified atom stereocenters. The van der Waals surface area contributed by atoms with E-state index in [0.717, 1.165) is 31.6 Å². The molecule has 0 spiro atoms. The minimum atomic E-state index is -0.599. The maximum atomic E-state index is 11.9. The normalized spacial score (nSPS) is 43.8. The van der Waals surface area contributed by atoms with Crippen LogP contribution in [0.1, 0.15) is 62.5 Å². The van der Waals surface area contributed by atoms with Gasteiger partial charge in [0.2, 0.25) is 0 Å². The molecule has 3 heteroatoms. The zero-order valence-corrected chi connectivity index (χ0v) is 14.7. The van der Waals surface area contributed by atoms with E-state index >= 15 is 0 Å². The summed E-state index contributed by atoms with van der Waals surface area (Å²) in [5.41, 5.74) is 1.69. The minimum absolute atomic E-state index is 0.139. The summed E-state index contributed by atoms with van der Waals surface area (Å²) in [7, 11) is 0. The van der Waals surface area contributed by atoms with E-state index < -0.39 is 5.60 Å². The Bertz CT molecular complexity index is 670. The monoisotopic (exact) mass is 327 g/mol. The molecule has 1 aromatic rings. The van der Waals surface area contributed by atoms with Crippen molar-refractivity contribution in [2.45, 2.75) is 81.4 Å². The molecule has 0 amide bonds. The van der Waals surface area contributed by atoms with Crippen molar-refractivity contribution in [3.63, 3.8) is 0 Å². The van der Waals surface area contributed by atoms with Crippen LogP contribution in [0.15, 0.2) is 18.2 Å². The van der Waals surface area contributed by atoms with Crippen molar-refractivity contribution in [2.24, 2.45) is 5.92 Å². The van der Waals surface area contributed by atoms with Crippen LogP contribution in [0.2, 0.25) is 0 Å². The molecule has 4 fully saturated rings. The van der Waals surface area contributed by atoms with E-state index in [2.05, 4.69) is 11.8 Å². The van der Waals surface area contributed by atoms with Gasteiger partial charge < -0.3 is 10.2 Å². The van der Waals surface area contributed by atoms with Gasteiger partial charge in [-0.15, -0.1) is 0 Å². The lowest BCUT2D eigenvalue weighted by atomic mass is 9.59. The fourth-order valence-corrected chi connectivity index (χ4v) is 6.32. The van der Waals surface area contributed by atoms with Crippen LogP contribution >= 0.6 is 0 Å². The van der Waals surface area contributed by atoms with Crippen LogP contribution in [0.4, 0.5) is 0 Å². The van der Waals surface area contributed by atoms with Crippen molar-refractivity contribution in [1.82, 2.24) is 4.90 Å². The molecular weight excluding hydrogens is 298 g/mol. The zero-order valence-electron chi connectivity index (χ0n) is 14.7. The first-order valence-electron chi connectivity index (χ1n) is 9.83. The molecule has 3 aliphatic carbocycles. The number of aryl methyl sites for hydroxylation is 1. The van der Waals surface area contributed by atoms with Gasteiger partial charge in [0.05, 0.1) is 11.6 Å². The Morgan fingerprint density at radius 1 is 1.17 bits per heavy atom. The number of hydrogen-bond acceptors (Lipinski definition) is 3. The number of hydrogen-bond donors (Lipinski definition) is 2. The van der Waals surface area contributed by atoms with Gasteiger partial charge in [-0.25, -0.2) is 0 Å². The van der Waals surface area contributed by atoms with Crippen LogP contribution < -0.4 is 0 Å². The third-order valence-corrected chi connectivity index (χ3v) is 7.78. The standard InChI is InChI=1S/C21H29NO2/c1-14-7-8-16(23)11-17(14)20-9-2-3-10-21(20,24)19-18(12-20)22(19)13-15-5-4-6-15/h7-8,11,15,18-19,23-24H,2-6,9-10,12-13H2,1H3/t18?,19-,20+,21-,22?/m1/s1. The zero-order chi connectivity index (χ0) is 16.5. The summed E-state index contributed by atoms with van der Waals surface area (Å²) < 4.78 is 0. The summed E-state index contributed by atoms with van der Waals surface area (Å²) in [5.74, 6) is 1.21. The Morgan fingerprint density at radius 2 is 1.96 bits per heavy atom. The van der Waals surface area contributed by atoms with Crippen molar-refractivity contribution in [3.05, 3.63) is 29.3 Å². The molecular formula is C21H29NO2. The van der Waals surface area contributed by atoms with E-state index in [1.165, 1.54) is 43.4 Å². The van der Waals surface area contributed by atoms with Crippen molar-refractivity contribution in [2.75, 3.05) is 6.54 Å². The van der Waals surface area contributed by atoms with Gasteiger partial charge in [-0.1, -0.05) is 25.3 Å². The highest BCUT2D eigenvalue weighted by atomic mass is 16.3. The van der Waals surface area contributed by atoms with Crippen molar-refractivity contribution >= 4 is 0 Å². The summed E-state index contributed by atoms with van der Waals surface area (Å²) in [6.45, 7) is 3.33. The van der Waals surface area contributed by atoms with Crippen LogP contribution in [-0.2, 0) is 5.41 Å². The fraction of sp³-hybridized carbons (Fsp3) is 0.714. The van der Waals surface area contributed by atoms with Crippen LogP contribution in [0.5, 0.6) is 5.75 Å². The molecule has 0 aromatic heterocycles. The predicted molar refractivity (Wildman–Crippen MR) is 94.2 cm³/mol. The quantitative estimate of drug-likeness (QED) is 0.835. The maximum Gasteiger partial charge on any atom is 0.115 e.